The number of benzene rings is 2. The molecular formula is C22H25N3OS2. The second kappa shape index (κ2) is 8.53. The molecule has 1 aromatic heterocycles. The van der Waals surface area contributed by atoms with Crippen molar-refractivity contribution < 1.29 is 4.79 Å². The van der Waals surface area contributed by atoms with E-state index < -0.39 is 0 Å². The highest BCUT2D eigenvalue weighted by Crippen LogP contribution is 2.33. The van der Waals surface area contributed by atoms with Gasteiger partial charge >= 0.3 is 0 Å². The molecule has 1 fully saturated rings. The zero-order valence-electron chi connectivity index (χ0n) is 16.4. The summed E-state index contributed by atoms with van der Waals surface area (Å²) in [4.78, 5) is 23.0. The Balaban J connectivity index is 1.31. The lowest BCUT2D eigenvalue weighted by molar-refractivity contribution is -0.131. The lowest BCUT2D eigenvalue weighted by Gasteiger charge is -2.34. The molecule has 2 heterocycles. The van der Waals surface area contributed by atoms with E-state index in [4.69, 9.17) is 4.98 Å². The van der Waals surface area contributed by atoms with Crippen LogP contribution in [-0.4, -0.2) is 47.7 Å². The second-order valence-electron chi connectivity index (χ2n) is 7.15. The third kappa shape index (κ3) is 4.18. The van der Waals surface area contributed by atoms with Crippen LogP contribution in [0.3, 0.4) is 0 Å². The number of fused-ring (bicyclic) bond motifs is 1. The quantitative estimate of drug-likeness (QED) is 0.568. The molecule has 0 radical (unpaired) electrons. The van der Waals surface area contributed by atoms with Crippen LogP contribution in [0.15, 0.2) is 47.4 Å². The molecule has 6 heteroatoms. The van der Waals surface area contributed by atoms with Gasteiger partial charge in [0.05, 0.1) is 10.2 Å². The van der Waals surface area contributed by atoms with Crippen LogP contribution in [0.25, 0.3) is 10.2 Å². The molecular weight excluding hydrogens is 386 g/mol. The molecule has 0 spiro atoms. The fourth-order valence-corrected chi connectivity index (χ4v) is 5.49. The van der Waals surface area contributed by atoms with Gasteiger partial charge in [-0.1, -0.05) is 41.7 Å². The van der Waals surface area contributed by atoms with E-state index in [9.17, 15) is 4.79 Å². The maximum atomic E-state index is 12.5. The predicted octanol–water partition coefficient (Wildman–Crippen LogP) is 4.74. The molecule has 1 aliphatic rings. The summed E-state index contributed by atoms with van der Waals surface area (Å²) in [6, 6.07) is 14.6. The maximum absolute atomic E-state index is 12.5. The molecule has 146 valence electrons. The fourth-order valence-electron chi connectivity index (χ4n) is 3.46. The van der Waals surface area contributed by atoms with E-state index in [-0.39, 0.29) is 5.91 Å². The molecule has 2 aromatic carbocycles. The Labute approximate surface area is 174 Å². The number of thiazole rings is 1. The van der Waals surface area contributed by atoms with Crippen LogP contribution in [0.2, 0.25) is 0 Å². The molecule has 0 aliphatic carbocycles. The Kier molecular flexibility index (Phi) is 5.87. The number of nitrogens with zero attached hydrogens (tertiary/aromatic N) is 3. The Bertz CT molecular complexity index is 924. The van der Waals surface area contributed by atoms with Gasteiger partial charge in [0.25, 0.3) is 0 Å². The van der Waals surface area contributed by atoms with Crippen LogP contribution in [0.1, 0.15) is 17.5 Å². The molecule has 0 atom stereocenters. The van der Waals surface area contributed by atoms with Crippen LogP contribution >= 0.6 is 23.1 Å². The van der Waals surface area contributed by atoms with Crippen molar-refractivity contribution in [1.82, 2.24) is 9.88 Å². The largest absolute Gasteiger partial charge is 0.345 e. The summed E-state index contributed by atoms with van der Waals surface area (Å²) in [5.74, 6) is 1.10. The van der Waals surface area contributed by atoms with Gasteiger partial charge in [-0.05, 0) is 37.1 Å². The van der Waals surface area contributed by atoms with Crippen LogP contribution in [0.4, 0.5) is 5.13 Å². The summed E-state index contributed by atoms with van der Waals surface area (Å²) in [7, 11) is 0. The van der Waals surface area contributed by atoms with Crippen molar-refractivity contribution in [2.75, 3.05) is 36.8 Å². The van der Waals surface area contributed by atoms with Crippen molar-refractivity contribution in [3.8, 4) is 0 Å². The van der Waals surface area contributed by atoms with Gasteiger partial charge in [0.2, 0.25) is 5.91 Å². The minimum atomic E-state index is 0.263. The first kappa shape index (κ1) is 19.3. The number of aryl methyl sites for hydroxylation is 2. The number of anilines is 1. The van der Waals surface area contributed by atoms with Gasteiger partial charge in [0.1, 0.15) is 0 Å². The van der Waals surface area contributed by atoms with E-state index in [1.165, 1.54) is 20.7 Å². The summed E-state index contributed by atoms with van der Waals surface area (Å²) >= 11 is 3.52. The van der Waals surface area contributed by atoms with E-state index in [1.807, 2.05) is 23.1 Å². The lowest BCUT2D eigenvalue weighted by Crippen LogP contribution is -2.48. The number of hydrogen-bond acceptors (Lipinski definition) is 5. The lowest BCUT2D eigenvalue weighted by atomic mass is 10.1. The Hall–Kier alpha value is -2.05. The zero-order valence-corrected chi connectivity index (χ0v) is 18.0. The highest BCUT2D eigenvalue weighted by molar-refractivity contribution is 7.99. The van der Waals surface area contributed by atoms with Crippen molar-refractivity contribution in [2.45, 2.75) is 25.2 Å². The van der Waals surface area contributed by atoms with Gasteiger partial charge in [-0.2, -0.15) is 0 Å². The molecule has 0 saturated carbocycles. The average Bonchev–Trinajstić information content (AvgIpc) is 3.19. The average molecular weight is 412 g/mol. The maximum Gasteiger partial charge on any atom is 0.223 e. The van der Waals surface area contributed by atoms with Crippen LogP contribution in [-0.2, 0) is 4.79 Å². The first-order valence-corrected chi connectivity index (χ1v) is 11.5. The third-order valence-electron chi connectivity index (χ3n) is 5.16. The molecule has 0 N–H and O–H groups in total. The van der Waals surface area contributed by atoms with E-state index in [1.54, 1.807) is 23.1 Å². The van der Waals surface area contributed by atoms with Crippen molar-refractivity contribution in [3.05, 3.63) is 53.6 Å². The second-order valence-corrected chi connectivity index (χ2v) is 9.30. The summed E-state index contributed by atoms with van der Waals surface area (Å²) in [5, 5.41) is 1.08. The highest BCUT2D eigenvalue weighted by atomic mass is 32.2. The number of carbonyl (C=O) groups is 1. The number of amides is 1. The molecule has 3 aromatic rings. The number of carbonyl (C=O) groups excluding carboxylic acids is 1. The molecule has 0 unspecified atom stereocenters. The number of piperazine rings is 1. The zero-order chi connectivity index (χ0) is 19.5. The number of rotatable bonds is 5. The van der Waals surface area contributed by atoms with Crippen molar-refractivity contribution in [3.63, 3.8) is 0 Å². The number of aromatic nitrogens is 1. The van der Waals surface area contributed by atoms with Crippen molar-refractivity contribution in [1.29, 1.82) is 0 Å². The molecule has 4 rings (SSSR count). The van der Waals surface area contributed by atoms with Gasteiger partial charge in [0.15, 0.2) is 5.13 Å². The van der Waals surface area contributed by atoms with E-state index in [2.05, 4.69) is 43.0 Å². The molecule has 4 nitrogen and oxygen atoms in total. The first-order chi connectivity index (χ1) is 13.6. The Morgan fingerprint density at radius 1 is 1.04 bits per heavy atom. The monoisotopic (exact) mass is 411 g/mol. The van der Waals surface area contributed by atoms with Gasteiger partial charge in [0, 0.05) is 43.2 Å². The smallest absolute Gasteiger partial charge is 0.223 e. The standard InChI is InChI=1S/C22H25N3OS2/c1-16-8-9-17(2)21-20(16)23-22(28-21)25-13-11-24(12-14-25)19(26)10-15-27-18-6-4-3-5-7-18/h3-9H,10-15H2,1-2H3. The molecule has 28 heavy (non-hydrogen) atoms. The minimum Gasteiger partial charge on any atom is -0.345 e. The highest BCUT2D eigenvalue weighted by Gasteiger charge is 2.23. The Morgan fingerprint density at radius 3 is 2.46 bits per heavy atom. The van der Waals surface area contributed by atoms with Crippen molar-refractivity contribution in [2.24, 2.45) is 0 Å². The van der Waals surface area contributed by atoms with E-state index >= 15 is 0 Å². The van der Waals surface area contributed by atoms with Gasteiger partial charge < -0.3 is 9.80 Å². The molecule has 1 saturated heterocycles. The third-order valence-corrected chi connectivity index (χ3v) is 7.43. The molecule has 1 aliphatic heterocycles. The topological polar surface area (TPSA) is 36.4 Å². The first-order valence-electron chi connectivity index (χ1n) is 9.69. The summed E-state index contributed by atoms with van der Waals surface area (Å²) in [6.07, 6.45) is 0.596. The summed E-state index contributed by atoms with van der Waals surface area (Å²) in [6.45, 7) is 7.54. The number of hydrogen-bond donors (Lipinski definition) is 0. The van der Waals surface area contributed by atoms with E-state index in [0.717, 1.165) is 42.6 Å². The summed E-state index contributed by atoms with van der Waals surface area (Å²) < 4.78 is 1.28. The molecule has 0 bridgehead atoms. The summed E-state index contributed by atoms with van der Waals surface area (Å²) in [5.41, 5.74) is 3.64. The normalized spacial score (nSPS) is 14.6. The Morgan fingerprint density at radius 2 is 1.75 bits per heavy atom. The van der Waals surface area contributed by atoms with Crippen LogP contribution in [0.5, 0.6) is 0 Å². The number of thioether (sulfide) groups is 1. The SMILES string of the molecule is Cc1ccc(C)c2sc(N3CCN(C(=O)CCSc4ccccc4)CC3)nc12. The van der Waals surface area contributed by atoms with Crippen LogP contribution < -0.4 is 4.90 Å². The van der Waals surface area contributed by atoms with Crippen LogP contribution in [0, 0.1) is 13.8 Å². The van der Waals surface area contributed by atoms with Gasteiger partial charge in [-0.25, -0.2) is 4.98 Å². The fraction of sp³-hybridized carbons (Fsp3) is 0.364. The van der Waals surface area contributed by atoms with E-state index in [0.29, 0.717) is 6.42 Å². The minimum absolute atomic E-state index is 0.263. The van der Waals surface area contributed by atoms with Crippen molar-refractivity contribution >= 4 is 44.4 Å². The predicted molar refractivity (Wildman–Crippen MR) is 120 cm³/mol. The van der Waals surface area contributed by atoms with Gasteiger partial charge in [-0.3, -0.25) is 4.79 Å². The van der Waals surface area contributed by atoms with Gasteiger partial charge in [-0.15, -0.1) is 11.8 Å². The molecule has 1 amide bonds.